The van der Waals surface area contributed by atoms with Gasteiger partial charge in [-0.15, -0.1) is 0 Å². The Balaban J connectivity index is 2.65. The number of cyclic esters (lactones) is 1. The molecule has 1 saturated heterocycles. The van der Waals surface area contributed by atoms with Gasteiger partial charge < -0.3 is 18.9 Å². The van der Waals surface area contributed by atoms with E-state index in [4.69, 9.17) is 18.9 Å². The Hall–Kier alpha value is -2.50. The second kappa shape index (κ2) is 6.78. The average Bonchev–Trinajstić information content (AvgIpc) is 2.54. The summed E-state index contributed by atoms with van der Waals surface area (Å²) in [5.41, 5.74) is -1.37. The van der Waals surface area contributed by atoms with Crippen LogP contribution in [0.3, 0.4) is 0 Å². The van der Waals surface area contributed by atoms with Crippen LogP contribution in [0.15, 0.2) is 30.4 Å². The molecule has 0 bridgehead atoms. The number of ether oxygens (including phenoxy) is 4. The van der Waals surface area contributed by atoms with Crippen LogP contribution in [0.25, 0.3) is 0 Å². The predicted octanol–water partition coefficient (Wildman–Crippen LogP) is 2.79. The van der Waals surface area contributed by atoms with Crippen LogP contribution in [-0.2, 0) is 24.5 Å². The molecule has 1 aromatic rings. The van der Waals surface area contributed by atoms with Gasteiger partial charge in [0.25, 0.3) is 0 Å². The quantitative estimate of drug-likeness (QED) is 0.473. The molecule has 1 heterocycles. The molecule has 0 amide bonds. The fourth-order valence-corrected chi connectivity index (χ4v) is 2.70. The van der Waals surface area contributed by atoms with Gasteiger partial charge in [-0.1, -0.05) is 6.58 Å². The van der Waals surface area contributed by atoms with Crippen LogP contribution in [0.4, 0.5) is 0 Å². The van der Waals surface area contributed by atoms with Crippen LogP contribution in [0, 0.1) is 0 Å². The average molecular weight is 348 g/mol. The van der Waals surface area contributed by atoms with E-state index in [9.17, 15) is 9.59 Å². The first-order valence-electron chi connectivity index (χ1n) is 7.93. The van der Waals surface area contributed by atoms with Crippen molar-refractivity contribution in [3.8, 4) is 11.5 Å². The van der Waals surface area contributed by atoms with E-state index in [1.54, 1.807) is 39.0 Å². The summed E-state index contributed by atoms with van der Waals surface area (Å²) in [5.74, 6) is -0.423. The number of carbonyl (C=O) groups excluding carboxylic acids is 2. The summed E-state index contributed by atoms with van der Waals surface area (Å²) in [7, 11) is 2.99. The van der Waals surface area contributed by atoms with Crippen molar-refractivity contribution in [2.75, 3.05) is 20.8 Å². The fourth-order valence-electron chi connectivity index (χ4n) is 2.70. The van der Waals surface area contributed by atoms with Crippen LogP contribution in [0.2, 0.25) is 0 Å². The van der Waals surface area contributed by atoms with Gasteiger partial charge in [0.15, 0.2) is 5.41 Å². The maximum atomic E-state index is 13.0. The molecule has 0 N–H and O–H groups in total. The summed E-state index contributed by atoms with van der Waals surface area (Å²) in [6.45, 7) is 9.21. The van der Waals surface area contributed by atoms with E-state index in [1.807, 2.05) is 0 Å². The molecule has 1 aliphatic heterocycles. The molecular formula is C19H24O6. The standard InChI is InChI=1S/C19H24O6/c1-12-10-19(16(20)24-11-12,17(21)25-18(2,3)4)13-7-14(22-5)9-15(8-13)23-6/h7-9H,1,10-11H2,2-6H3. The summed E-state index contributed by atoms with van der Waals surface area (Å²) in [4.78, 5) is 25.8. The summed E-state index contributed by atoms with van der Waals surface area (Å²) in [6.07, 6.45) is 0.108. The van der Waals surface area contributed by atoms with E-state index in [2.05, 4.69) is 6.58 Å². The minimum Gasteiger partial charge on any atom is -0.497 e. The molecule has 6 nitrogen and oxygen atoms in total. The molecule has 1 aliphatic rings. The summed E-state index contributed by atoms with van der Waals surface area (Å²) in [6, 6.07) is 4.90. The van der Waals surface area contributed by atoms with Crippen molar-refractivity contribution in [1.82, 2.24) is 0 Å². The fraction of sp³-hybridized carbons (Fsp3) is 0.474. The number of carbonyl (C=O) groups is 2. The van der Waals surface area contributed by atoms with Crippen LogP contribution in [0.1, 0.15) is 32.8 Å². The number of hydrogen-bond donors (Lipinski definition) is 0. The zero-order valence-corrected chi connectivity index (χ0v) is 15.3. The minimum absolute atomic E-state index is 0.0878. The monoisotopic (exact) mass is 348 g/mol. The molecule has 0 aromatic heterocycles. The lowest BCUT2D eigenvalue weighted by Crippen LogP contribution is -2.51. The maximum Gasteiger partial charge on any atom is 0.328 e. The number of benzene rings is 1. The molecule has 1 atom stereocenters. The molecule has 136 valence electrons. The van der Waals surface area contributed by atoms with Crippen LogP contribution in [-0.4, -0.2) is 38.4 Å². The Morgan fingerprint density at radius 2 is 1.72 bits per heavy atom. The molecule has 0 radical (unpaired) electrons. The summed E-state index contributed by atoms with van der Waals surface area (Å²) < 4.78 is 21.3. The molecule has 0 saturated carbocycles. The third-order valence-corrected chi connectivity index (χ3v) is 3.86. The highest BCUT2D eigenvalue weighted by Crippen LogP contribution is 2.41. The van der Waals surface area contributed by atoms with Crippen molar-refractivity contribution in [3.63, 3.8) is 0 Å². The lowest BCUT2D eigenvalue weighted by molar-refractivity contribution is -0.174. The van der Waals surface area contributed by atoms with E-state index >= 15 is 0 Å². The lowest BCUT2D eigenvalue weighted by Gasteiger charge is -2.36. The molecule has 1 fully saturated rings. The largest absolute Gasteiger partial charge is 0.497 e. The molecule has 1 aromatic carbocycles. The van der Waals surface area contributed by atoms with Crippen LogP contribution < -0.4 is 9.47 Å². The van der Waals surface area contributed by atoms with Crippen molar-refractivity contribution in [1.29, 1.82) is 0 Å². The number of esters is 2. The predicted molar refractivity (Wildman–Crippen MR) is 91.8 cm³/mol. The first kappa shape index (κ1) is 18.8. The van der Waals surface area contributed by atoms with Gasteiger partial charge in [0, 0.05) is 12.5 Å². The van der Waals surface area contributed by atoms with Crippen molar-refractivity contribution in [2.24, 2.45) is 0 Å². The highest BCUT2D eigenvalue weighted by atomic mass is 16.6. The summed E-state index contributed by atoms with van der Waals surface area (Å²) >= 11 is 0. The van der Waals surface area contributed by atoms with Crippen molar-refractivity contribution < 1.29 is 28.5 Å². The smallest absolute Gasteiger partial charge is 0.328 e. The van der Waals surface area contributed by atoms with Gasteiger partial charge in [0.2, 0.25) is 0 Å². The van der Waals surface area contributed by atoms with Crippen molar-refractivity contribution >= 4 is 11.9 Å². The third-order valence-electron chi connectivity index (χ3n) is 3.86. The Morgan fingerprint density at radius 1 is 1.16 bits per heavy atom. The zero-order valence-electron chi connectivity index (χ0n) is 15.3. The first-order valence-corrected chi connectivity index (χ1v) is 7.93. The molecule has 25 heavy (non-hydrogen) atoms. The van der Waals surface area contributed by atoms with Gasteiger partial charge in [0.05, 0.1) is 14.2 Å². The van der Waals surface area contributed by atoms with E-state index in [1.165, 1.54) is 14.2 Å². The van der Waals surface area contributed by atoms with E-state index in [0.29, 0.717) is 22.6 Å². The topological polar surface area (TPSA) is 71.1 Å². The Kier molecular flexibility index (Phi) is 5.11. The normalized spacial score (nSPS) is 20.7. The molecule has 1 unspecified atom stereocenters. The second-order valence-electron chi connectivity index (χ2n) is 7.01. The van der Waals surface area contributed by atoms with Gasteiger partial charge in [-0.05, 0) is 44.0 Å². The van der Waals surface area contributed by atoms with Gasteiger partial charge in [-0.3, -0.25) is 9.59 Å². The summed E-state index contributed by atoms with van der Waals surface area (Å²) in [5, 5.41) is 0. The van der Waals surface area contributed by atoms with Crippen molar-refractivity contribution in [3.05, 3.63) is 35.9 Å². The first-order chi connectivity index (χ1) is 11.6. The number of hydrogen-bond acceptors (Lipinski definition) is 6. The van der Waals surface area contributed by atoms with Crippen LogP contribution in [0.5, 0.6) is 11.5 Å². The van der Waals surface area contributed by atoms with Gasteiger partial charge >= 0.3 is 11.9 Å². The van der Waals surface area contributed by atoms with E-state index < -0.39 is 23.0 Å². The van der Waals surface area contributed by atoms with Gasteiger partial charge in [0.1, 0.15) is 23.7 Å². The SMILES string of the molecule is C=C1COC(=O)C(C(=O)OC(C)(C)C)(c2cc(OC)cc(OC)c2)C1. The van der Waals surface area contributed by atoms with Gasteiger partial charge in [-0.2, -0.15) is 0 Å². The number of rotatable bonds is 4. The minimum atomic E-state index is -1.63. The zero-order chi connectivity index (χ0) is 18.8. The van der Waals surface area contributed by atoms with E-state index in [0.717, 1.165) is 0 Å². The Bertz CT molecular complexity index is 678. The molecule has 2 rings (SSSR count). The highest BCUT2D eigenvalue weighted by molar-refractivity contribution is 6.07. The molecular weight excluding hydrogens is 324 g/mol. The highest BCUT2D eigenvalue weighted by Gasteiger charge is 2.54. The van der Waals surface area contributed by atoms with Crippen molar-refractivity contribution in [2.45, 2.75) is 38.2 Å². The number of methoxy groups -OCH3 is 2. The van der Waals surface area contributed by atoms with E-state index in [-0.39, 0.29) is 13.0 Å². The molecule has 6 heteroatoms. The Labute approximate surface area is 147 Å². The molecule has 0 spiro atoms. The van der Waals surface area contributed by atoms with Crippen LogP contribution >= 0.6 is 0 Å². The third kappa shape index (κ3) is 3.78. The maximum absolute atomic E-state index is 13.0. The van der Waals surface area contributed by atoms with Gasteiger partial charge in [-0.25, -0.2) is 0 Å². The Morgan fingerprint density at radius 3 is 2.20 bits per heavy atom. The second-order valence-corrected chi connectivity index (χ2v) is 7.01. The molecule has 0 aliphatic carbocycles. The lowest BCUT2D eigenvalue weighted by atomic mass is 9.74.